The second-order valence-corrected chi connectivity index (χ2v) is 7.14. The van der Waals surface area contributed by atoms with Gasteiger partial charge in [0.25, 0.3) is 17.7 Å². The Hall–Kier alpha value is -4.38. The lowest BCUT2D eigenvalue weighted by Gasteiger charge is -2.13. The van der Waals surface area contributed by atoms with Gasteiger partial charge in [-0.3, -0.25) is 19.3 Å². The molecule has 6 nitrogen and oxygen atoms in total. The van der Waals surface area contributed by atoms with E-state index in [9.17, 15) is 28.4 Å². The van der Waals surface area contributed by atoms with Gasteiger partial charge in [0.1, 0.15) is 17.7 Å². The molecule has 0 spiro atoms. The standard InChI is InChI=1S/C24H15F2N3O3/c25-16-7-9-18(20(26)11-16)21(12-27)28-22(30)15-6-8-17-19(10-15)24(32)29(23(17)31)13-14-4-2-1-3-5-14/h1-11,21H,13H2,(H,28,30). The van der Waals surface area contributed by atoms with E-state index < -0.39 is 35.4 Å². The molecule has 0 saturated carbocycles. The molecule has 0 aliphatic carbocycles. The van der Waals surface area contributed by atoms with E-state index in [0.717, 1.165) is 22.6 Å². The molecule has 32 heavy (non-hydrogen) atoms. The Morgan fingerprint density at radius 1 is 0.969 bits per heavy atom. The molecule has 4 rings (SSSR count). The molecule has 0 fully saturated rings. The SMILES string of the molecule is N#CC(NC(=O)c1ccc2c(c1)C(=O)N(Cc1ccccc1)C2=O)c1ccc(F)cc1F. The lowest BCUT2D eigenvalue weighted by molar-refractivity contribution is 0.0642. The predicted octanol–water partition coefficient (Wildman–Crippen LogP) is 3.76. The van der Waals surface area contributed by atoms with Crippen LogP contribution in [0.15, 0.2) is 66.7 Å². The van der Waals surface area contributed by atoms with Crippen LogP contribution in [-0.2, 0) is 6.54 Å². The second kappa shape index (κ2) is 8.40. The Kier molecular flexibility index (Phi) is 5.48. The number of carbonyl (C=O) groups excluding carboxylic acids is 3. The van der Waals surface area contributed by atoms with Crippen molar-refractivity contribution in [1.82, 2.24) is 10.2 Å². The molecule has 0 bridgehead atoms. The highest BCUT2D eigenvalue weighted by atomic mass is 19.1. The molecule has 158 valence electrons. The fraction of sp³-hybridized carbons (Fsp3) is 0.0833. The summed E-state index contributed by atoms with van der Waals surface area (Å²) in [6.45, 7) is 0.0923. The number of rotatable bonds is 5. The van der Waals surface area contributed by atoms with Gasteiger partial charge in [0.15, 0.2) is 0 Å². The minimum atomic E-state index is -1.37. The first kappa shape index (κ1) is 20.9. The molecule has 1 atom stereocenters. The van der Waals surface area contributed by atoms with Crippen molar-refractivity contribution in [2.24, 2.45) is 0 Å². The molecule has 0 aromatic heterocycles. The summed E-state index contributed by atoms with van der Waals surface area (Å²) in [6.07, 6.45) is 0. The molecular formula is C24H15F2N3O3. The number of halogens is 2. The van der Waals surface area contributed by atoms with Crippen molar-refractivity contribution in [2.75, 3.05) is 0 Å². The summed E-state index contributed by atoms with van der Waals surface area (Å²) >= 11 is 0. The number of fused-ring (bicyclic) bond motifs is 1. The largest absolute Gasteiger partial charge is 0.332 e. The Morgan fingerprint density at radius 3 is 2.38 bits per heavy atom. The number of imide groups is 1. The summed E-state index contributed by atoms with van der Waals surface area (Å²) in [6, 6.07) is 16.0. The van der Waals surface area contributed by atoms with E-state index in [-0.39, 0.29) is 28.8 Å². The van der Waals surface area contributed by atoms with Crippen LogP contribution in [0, 0.1) is 23.0 Å². The summed E-state index contributed by atoms with van der Waals surface area (Å²) in [4.78, 5) is 39.2. The molecular weight excluding hydrogens is 416 g/mol. The number of benzene rings is 3. The maximum atomic E-state index is 14.0. The van der Waals surface area contributed by atoms with Crippen molar-refractivity contribution in [2.45, 2.75) is 12.6 Å². The van der Waals surface area contributed by atoms with Crippen LogP contribution < -0.4 is 5.32 Å². The van der Waals surface area contributed by atoms with Gasteiger partial charge < -0.3 is 5.32 Å². The lowest BCUT2D eigenvalue weighted by Crippen LogP contribution is -2.29. The highest BCUT2D eigenvalue weighted by Gasteiger charge is 2.36. The molecule has 0 radical (unpaired) electrons. The molecule has 8 heteroatoms. The number of nitrogens with one attached hydrogen (secondary N) is 1. The fourth-order valence-corrected chi connectivity index (χ4v) is 3.47. The smallest absolute Gasteiger partial charge is 0.261 e. The molecule has 1 aliphatic heterocycles. The van der Waals surface area contributed by atoms with Crippen LogP contribution in [0.5, 0.6) is 0 Å². The molecule has 1 N–H and O–H groups in total. The zero-order valence-corrected chi connectivity index (χ0v) is 16.5. The van der Waals surface area contributed by atoms with Gasteiger partial charge in [-0.1, -0.05) is 36.4 Å². The van der Waals surface area contributed by atoms with Crippen LogP contribution in [0.25, 0.3) is 0 Å². The summed E-state index contributed by atoms with van der Waals surface area (Å²) in [7, 11) is 0. The van der Waals surface area contributed by atoms with E-state index in [2.05, 4.69) is 5.32 Å². The summed E-state index contributed by atoms with van der Waals surface area (Å²) < 4.78 is 27.1. The Morgan fingerprint density at radius 2 is 1.69 bits per heavy atom. The molecule has 1 heterocycles. The number of hydrogen-bond acceptors (Lipinski definition) is 4. The van der Waals surface area contributed by atoms with Crippen LogP contribution in [0.2, 0.25) is 0 Å². The van der Waals surface area contributed by atoms with Crippen molar-refractivity contribution < 1.29 is 23.2 Å². The molecule has 3 aromatic rings. The third kappa shape index (κ3) is 3.84. The normalized spacial score (nSPS) is 13.5. The van der Waals surface area contributed by atoms with Gasteiger partial charge >= 0.3 is 0 Å². The van der Waals surface area contributed by atoms with E-state index in [1.807, 2.05) is 6.07 Å². The Balaban J connectivity index is 1.56. The average molecular weight is 431 g/mol. The van der Waals surface area contributed by atoms with Crippen molar-refractivity contribution in [1.29, 1.82) is 5.26 Å². The molecule has 3 aromatic carbocycles. The van der Waals surface area contributed by atoms with Crippen LogP contribution in [-0.4, -0.2) is 22.6 Å². The molecule has 1 unspecified atom stereocenters. The zero-order valence-electron chi connectivity index (χ0n) is 16.5. The van der Waals surface area contributed by atoms with Crippen LogP contribution in [0.4, 0.5) is 8.78 Å². The highest BCUT2D eigenvalue weighted by molar-refractivity contribution is 6.22. The van der Waals surface area contributed by atoms with E-state index in [1.165, 1.54) is 18.2 Å². The monoisotopic (exact) mass is 431 g/mol. The van der Waals surface area contributed by atoms with Gasteiger partial charge in [-0.15, -0.1) is 0 Å². The third-order valence-electron chi connectivity index (χ3n) is 5.09. The number of amides is 3. The Bertz CT molecular complexity index is 1290. The minimum absolute atomic E-state index is 0.0224. The number of carbonyl (C=O) groups is 3. The van der Waals surface area contributed by atoms with Crippen LogP contribution in [0.3, 0.4) is 0 Å². The topological polar surface area (TPSA) is 90.3 Å². The zero-order chi connectivity index (χ0) is 22.8. The lowest BCUT2D eigenvalue weighted by atomic mass is 10.0. The van der Waals surface area contributed by atoms with Gasteiger partial charge in [0, 0.05) is 17.2 Å². The van der Waals surface area contributed by atoms with Crippen molar-refractivity contribution in [3.05, 3.63) is 106 Å². The maximum absolute atomic E-state index is 14.0. The van der Waals surface area contributed by atoms with E-state index in [1.54, 1.807) is 30.3 Å². The maximum Gasteiger partial charge on any atom is 0.261 e. The summed E-state index contributed by atoms with van der Waals surface area (Å²) in [5.41, 5.74) is 0.847. The number of nitriles is 1. The predicted molar refractivity (Wildman–Crippen MR) is 109 cm³/mol. The Labute approximate surface area is 181 Å². The second-order valence-electron chi connectivity index (χ2n) is 7.14. The first-order valence-corrected chi connectivity index (χ1v) is 9.58. The van der Waals surface area contributed by atoms with E-state index in [0.29, 0.717) is 6.07 Å². The van der Waals surface area contributed by atoms with Crippen LogP contribution in [0.1, 0.15) is 48.2 Å². The van der Waals surface area contributed by atoms with E-state index in [4.69, 9.17) is 0 Å². The molecule has 3 amide bonds. The van der Waals surface area contributed by atoms with Gasteiger partial charge in [0.2, 0.25) is 0 Å². The first-order valence-electron chi connectivity index (χ1n) is 9.58. The van der Waals surface area contributed by atoms with Crippen LogP contribution >= 0.6 is 0 Å². The summed E-state index contributed by atoms with van der Waals surface area (Å²) in [5.74, 6) is -3.53. The van der Waals surface area contributed by atoms with Gasteiger partial charge in [-0.2, -0.15) is 5.26 Å². The molecule has 0 saturated heterocycles. The number of hydrogen-bond donors (Lipinski definition) is 1. The highest BCUT2D eigenvalue weighted by Crippen LogP contribution is 2.26. The number of nitrogens with zero attached hydrogens (tertiary/aromatic N) is 2. The summed E-state index contributed by atoms with van der Waals surface area (Å²) in [5, 5.41) is 11.7. The van der Waals surface area contributed by atoms with Crippen molar-refractivity contribution >= 4 is 17.7 Å². The molecule has 1 aliphatic rings. The van der Waals surface area contributed by atoms with E-state index >= 15 is 0 Å². The van der Waals surface area contributed by atoms with Gasteiger partial charge in [0.05, 0.1) is 23.7 Å². The fourth-order valence-electron chi connectivity index (χ4n) is 3.47. The van der Waals surface area contributed by atoms with Gasteiger partial charge in [-0.05, 0) is 29.8 Å². The first-order chi connectivity index (χ1) is 15.4. The van der Waals surface area contributed by atoms with Crippen molar-refractivity contribution in [3.63, 3.8) is 0 Å². The minimum Gasteiger partial charge on any atom is -0.332 e. The average Bonchev–Trinajstić information content (AvgIpc) is 3.03. The van der Waals surface area contributed by atoms with Crippen molar-refractivity contribution in [3.8, 4) is 6.07 Å². The quantitative estimate of drug-likeness (QED) is 0.623. The third-order valence-corrected chi connectivity index (χ3v) is 5.09. The van der Waals surface area contributed by atoms with Gasteiger partial charge in [-0.25, -0.2) is 8.78 Å².